The summed E-state index contributed by atoms with van der Waals surface area (Å²) in [6.45, 7) is 10.5. The van der Waals surface area contributed by atoms with Crippen molar-refractivity contribution in [2.45, 2.75) is 26.8 Å². The molecule has 0 aliphatic carbocycles. The zero-order chi connectivity index (χ0) is 26.1. The van der Waals surface area contributed by atoms with E-state index in [1.165, 1.54) is 11.3 Å². The van der Waals surface area contributed by atoms with Crippen molar-refractivity contribution < 1.29 is 9.53 Å². The highest BCUT2D eigenvalue weighted by Crippen LogP contribution is 2.34. The van der Waals surface area contributed by atoms with Crippen molar-refractivity contribution in [2.75, 3.05) is 48.8 Å². The van der Waals surface area contributed by atoms with Crippen LogP contribution in [0, 0.1) is 6.92 Å². The number of hydrogen-bond acceptors (Lipinski definition) is 9. The summed E-state index contributed by atoms with van der Waals surface area (Å²) in [5.41, 5.74) is 8.75. The van der Waals surface area contributed by atoms with Gasteiger partial charge >= 0.3 is 0 Å². The number of piperazine rings is 1. The van der Waals surface area contributed by atoms with E-state index in [2.05, 4.69) is 50.3 Å². The van der Waals surface area contributed by atoms with Gasteiger partial charge in [-0.2, -0.15) is 9.97 Å². The smallest absolute Gasteiger partial charge is 0.260 e. The maximum Gasteiger partial charge on any atom is 0.260 e. The number of hydrogen-bond donors (Lipinski definition) is 4. The van der Waals surface area contributed by atoms with Gasteiger partial charge in [0.2, 0.25) is 5.95 Å². The number of fused-ring (bicyclic) bond motifs is 1. The molecule has 1 amide bonds. The fraction of sp³-hybridized carbons (Fsp3) is 0.346. The largest absolute Gasteiger partial charge is 0.494 e. The number of carbonyl (C=O) groups excluding carboxylic acids is 1. The summed E-state index contributed by atoms with van der Waals surface area (Å²) in [5, 5.41) is 7.38. The van der Waals surface area contributed by atoms with E-state index in [0.29, 0.717) is 39.8 Å². The van der Waals surface area contributed by atoms with Crippen LogP contribution in [0.1, 0.15) is 28.4 Å². The number of aromatic nitrogens is 3. The molecule has 1 fully saturated rings. The molecule has 194 valence electrons. The van der Waals surface area contributed by atoms with Crippen LogP contribution in [0.25, 0.3) is 11.0 Å². The van der Waals surface area contributed by atoms with E-state index in [0.717, 1.165) is 47.8 Å². The average Bonchev–Trinajstić information content (AvgIpc) is 3.51. The summed E-state index contributed by atoms with van der Waals surface area (Å²) >= 11 is 1.35. The van der Waals surface area contributed by atoms with Gasteiger partial charge in [0.1, 0.15) is 22.1 Å². The molecule has 0 atom stereocenters. The van der Waals surface area contributed by atoms with E-state index in [4.69, 9.17) is 15.5 Å². The van der Waals surface area contributed by atoms with E-state index >= 15 is 0 Å². The van der Waals surface area contributed by atoms with Crippen LogP contribution in [0.3, 0.4) is 0 Å². The van der Waals surface area contributed by atoms with Gasteiger partial charge in [0.25, 0.3) is 5.91 Å². The predicted molar refractivity (Wildman–Crippen MR) is 150 cm³/mol. The Bertz CT molecular complexity index is 1420. The van der Waals surface area contributed by atoms with Gasteiger partial charge in [-0.3, -0.25) is 9.69 Å². The molecule has 1 aromatic carbocycles. The van der Waals surface area contributed by atoms with Crippen LogP contribution < -0.4 is 26.0 Å². The highest BCUT2D eigenvalue weighted by molar-refractivity contribution is 7.14. The van der Waals surface area contributed by atoms with E-state index < -0.39 is 5.91 Å². The number of methoxy groups -OCH3 is 1. The number of H-pyrrole nitrogens is 1. The van der Waals surface area contributed by atoms with Gasteiger partial charge in [0, 0.05) is 55.0 Å². The molecule has 1 saturated heterocycles. The Morgan fingerprint density at radius 2 is 1.89 bits per heavy atom. The second-order valence-electron chi connectivity index (χ2n) is 9.35. The Balaban J connectivity index is 1.40. The molecule has 11 heteroatoms. The molecule has 10 nitrogen and oxygen atoms in total. The van der Waals surface area contributed by atoms with Crippen molar-refractivity contribution in [3.05, 3.63) is 46.3 Å². The lowest BCUT2D eigenvalue weighted by molar-refractivity contribution is 0.100. The molecule has 5 N–H and O–H groups in total. The molecule has 5 rings (SSSR count). The summed E-state index contributed by atoms with van der Waals surface area (Å²) in [6.07, 6.45) is 1.80. The number of nitrogens with two attached hydrogens (primary N) is 1. The quantitative estimate of drug-likeness (QED) is 0.269. The van der Waals surface area contributed by atoms with Crippen LogP contribution in [-0.2, 0) is 0 Å². The van der Waals surface area contributed by atoms with Crippen LogP contribution in [0.5, 0.6) is 5.75 Å². The fourth-order valence-electron chi connectivity index (χ4n) is 4.61. The Kier molecular flexibility index (Phi) is 6.90. The monoisotopic (exact) mass is 520 g/mol. The van der Waals surface area contributed by atoms with E-state index in [-0.39, 0.29) is 0 Å². The molecule has 4 aromatic rings. The number of anilines is 5. The zero-order valence-electron chi connectivity index (χ0n) is 21.5. The lowest BCUT2D eigenvalue weighted by atomic mass is 10.2. The molecule has 1 aliphatic rings. The number of nitrogens with one attached hydrogen (secondary N) is 3. The number of aryl methyl sites for hydroxylation is 1. The first-order valence-electron chi connectivity index (χ1n) is 12.3. The fourth-order valence-corrected chi connectivity index (χ4v) is 5.43. The van der Waals surface area contributed by atoms with Gasteiger partial charge in [-0.1, -0.05) is 0 Å². The van der Waals surface area contributed by atoms with Crippen molar-refractivity contribution in [2.24, 2.45) is 5.73 Å². The van der Waals surface area contributed by atoms with Gasteiger partial charge in [-0.05, 0) is 45.0 Å². The number of carbonyl (C=O) groups is 1. The van der Waals surface area contributed by atoms with Crippen molar-refractivity contribution in [3.8, 4) is 5.75 Å². The van der Waals surface area contributed by atoms with Crippen LogP contribution >= 0.6 is 11.3 Å². The number of benzene rings is 1. The molecule has 37 heavy (non-hydrogen) atoms. The average molecular weight is 521 g/mol. The molecule has 0 bridgehead atoms. The molecular weight excluding hydrogens is 488 g/mol. The molecule has 0 saturated carbocycles. The minimum absolute atomic E-state index is 0.390. The lowest BCUT2D eigenvalue weighted by Crippen LogP contribution is -2.48. The number of ether oxygens (including phenoxy) is 1. The normalized spacial score (nSPS) is 14.4. The zero-order valence-corrected chi connectivity index (χ0v) is 22.3. The molecule has 3 aromatic heterocycles. The third-order valence-electron chi connectivity index (χ3n) is 6.59. The van der Waals surface area contributed by atoms with Crippen LogP contribution in [0.15, 0.2) is 36.5 Å². The molecule has 1 aliphatic heterocycles. The first-order chi connectivity index (χ1) is 17.8. The number of nitrogens with zero attached hydrogens (tertiary/aromatic N) is 4. The number of rotatable bonds is 8. The van der Waals surface area contributed by atoms with Crippen molar-refractivity contribution in [3.63, 3.8) is 0 Å². The number of primary amides is 1. The van der Waals surface area contributed by atoms with Crippen LogP contribution in [-0.4, -0.2) is 65.1 Å². The van der Waals surface area contributed by atoms with Crippen molar-refractivity contribution in [1.82, 2.24) is 19.9 Å². The number of aromatic amines is 1. The second kappa shape index (κ2) is 10.3. The minimum Gasteiger partial charge on any atom is -0.494 e. The number of amides is 1. The predicted octanol–water partition coefficient (Wildman–Crippen LogP) is 4.45. The highest BCUT2D eigenvalue weighted by Gasteiger charge is 2.21. The maximum atomic E-state index is 11.9. The maximum absolute atomic E-state index is 11.9. The Morgan fingerprint density at radius 1 is 1.11 bits per heavy atom. The van der Waals surface area contributed by atoms with Gasteiger partial charge < -0.3 is 31.0 Å². The lowest BCUT2D eigenvalue weighted by Gasteiger charge is -2.38. The summed E-state index contributed by atoms with van der Waals surface area (Å²) in [7, 11) is 1.66. The minimum atomic E-state index is -0.478. The standard InChI is InChI=1S/C26H32N8O2S/c1-15(2)33-9-11-34(12-10-33)17-5-6-19(21(14-17)36-4)30-26-31-24-18(7-8-28-24)25(32-26)29-20-13-16(3)37-22(20)23(27)35/h5-8,13-15H,9-12H2,1-4H3,(H2,27,35)(H3,28,29,30,31,32). The van der Waals surface area contributed by atoms with Crippen LogP contribution in [0.2, 0.25) is 0 Å². The number of thiophene rings is 1. The molecule has 0 unspecified atom stereocenters. The van der Waals surface area contributed by atoms with Gasteiger partial charge in [0.15, 0.2) is 0 Å². The topological polar surface area (TPSA) is 124 Å². The Morgan fingerprint density at radius 3 is 2.59 bits per heavy atom. The summed E-state index contributed by atoms with van der Waals surface area (Å²) in [5.74, 6) is 1.18. The van der Waals surface area contributed by atoms with E-state index in [1.54, 1.807) is 13.3 Å². The van der Waals surface area contributed by atoms with E-state index in [1.807, 2.05) is 31.2 Å². The first kappa shape index (κ1) is 24.8. The summed E-state index contributed by atoms with van der Waals surface area (Å²) in [6, 6.07) is 10.5. The molecule has 0 spiro atoms. The van der Waals surface area contributed by atoms with Gasteiger partial charge in [-0.25, -0.2) is 0 Å². The van der Waals surface area contributed by atoms with Crippen molar-refractivity contribution in [1.29, 1.82) is 0 Å². The highest BCUT2D eigenvalue weighted by atomic mass is 32.1. The third-order valence-corrected chi connectivity index (χ3v) is 7.65. The SMILES string of the molecule is COc1cc(N2CCN(C(C)C)CC2)ccc1Nc1nc(Nc2cc(C)sc2C(N)=O)c2cc[nH]c2n1. The van der Waals surface area contributed by atoms with Gasteiger partial charge in [0.05, 0.1) is 23.9 Å². The summed E-state index contributed by atoms with van der Waals surface area (Å²) in [4.78, 5) is 30.7. The molecule has 4 heterocycles. The van der Waals surface area contributed by atoms with Crippen molar-refractivity contribution >= 4 is 57.1 Å². The second-order valence-corrected chi connectivity index (χ2v) is 10.6. The first-order valence-corrected chi connectivity index (χ1v) is 13.1. The Labute approximate surface area is 219 Å². The molecule has 0 radical (unpaired) electrons. The van der Waals surface area contributed by atoms with Crippen LogP contribution in [0.4, 0.5) is 28.8 Å². The molecular formula is C26H32N8O2S. The Hall–Kier alpha value is -3.83. The van der Waals surface area contributed by atoms with Gasteiger partial charge in [-0.15, -0.1) is 11.3 Å². The summed E-state index contributed by atoms with van der Waals surface area (Å²) < 4.78 is 5.72. The third kappa shape index (κ3) is 5.18. The van der Waals surface area contributed by atoms with E-state index in [9.17, 15) is 4.79 Å².